The highest BCUT2D eigenvalue weighted by molar-refractivity contribution is 6.34. The van der Waals surface area contributed by atoms with Crippen LogP contribution in [0, 0.1) is 5.82 Å². The van der Waals surface area contributed by atoms with Crippen LogP contribution < -0.4 is 0 Å². The lowest BCUT2D eigenvalue weighted by molar-refractivity contribution is -0.138. The summed E-state index contributed by atoms with van der Waals surface area (Å²) in [5.41, 5.74) is 0.686. The molecule has 2 aromatic rings. The maximum atomic E-state index is 13.2. The van der Waals surface area contributed by atoms with Gasteiger partial charge in [0.15, 0.2) is 12.3 Å². The average Bonchev–Trinajstić information content (AvgIpc) is 2.73. The Balaban J connectivity index is 1.69. The van der Waals surface area contributed by atoms with Gasteiger partial charge in [-0.1, -0.05) is 54.6 Å². The summed E-state index contributed by atoms with van der Waals surface area (Å²) < 4.78 is 18.4. The number of nitrogens with zero attached hydrogens (tertiary/aromatic N) is 2. The van der Waals surface area contributed by atoms with E-state index in [-0.39, 0.29) is 33.6 Å². The molecule has 1 heterocycles. The fraction of sp³-hybridized carbons (Fsp3) is 0.381. The van der Waals surface area contributed by atoms with Crippen molar-refractivity contribution in [2.24, 2.45) is 0 Å². The van der Waals surface area contributed by atoms with E-state index in [0.717, 1.165) is 37.7 Å². The summed E-state index contributed by atoms with van der Waals surface area (Å²) in [7, 11) is 0. The number of esters is 1. The van der Waals surface area contributed by atoms with Gasteiger partial charge in [0.25, 0.3) is 5.91 Å². The van der Waals surface area contributed by atoms with Gasteiger partial charge >= 0.3 is 5.97 Å². The first-order valence-corrected chi connectivity index (χ1v) is 10.2. The highest BCUT2D eigenvalue weighted by atomic mass is 35.5. The van der Waals surface area contributed by atoms with E-state index in [1.807, 2.05) is 0 Å². The van der Waals surface area contributed by atoms with Crippen LogP contribution in [0.2, 0.25) is 10.2 Å². The first kappa shape index (κ1) is 21.5. The van der Waals surface area contributed by atoms with Crippen LogP contribution >= 0.6 is 23.2 Å². The number of pyridine rings is 1. The molecule has 0 radical (unpaired) electrons. The van der Waals surface area contributed by atoms with Crippen LogP contribution in [-0.4, -0.2) is 34.4 Å². The smallest absolute Gasteiger partial charge is 0.359 e. The van der Waals surface area contributed by atoms with E-state index in [1.165, 1.54) is 24.3 Å². The summed E-state index contributed by atoms with van der Waals surface area (Å²) in [5, 5.41) is 0.204. The molecule has 154 valence electrons. The van der Waals surface area contributed by atoms with Gasteiger partial charge in [-0.3, -0.25) is 4.79 Å². The van der Waals surface area contributed by atoms with E-state index in [9.17, 15) is 14.0 Å². The molecule has 0 aliphatic heterocycles. The molecule has 0 saturated heterocycles. The third-order valence-corrected chi connectivity index (χ3v) is 5.45. The molecule has 5 nitrogen and oxygen atoms in total. The molecule has 0 bridgehead atoms. The lowest BCUT2D eigenvalue weighted by Gasteiger charge is -2.34. The van der Waals surface area contributed by atoms with Crippen molar-refractivity contribution in [3.05, 3.63) is 63.6 Å². The molecule has 0 N–H and O–H groups in total. The molecule has 0 unspecified atom stereocenters. The van der Waals surface area contributed by atoms with Crippen molar-refractivity contribution in [3.8, 4) is 0 Å². The molecule has 0 spiro atoms. The summed E-state index contributed by atoms with van der Waals surface area (Å²) in [6.07, 6.45) is 5.01. The Kier molecular flexibility index (Phi) is 7.45. The number of carbonyl (C=O) groups excluding carboxylic acids is 2. The molecular weight excluding hydrogens is 418 g/mol. The Hall–Kier alpha value is -2.18. The molecule has 1 aliphatic rings. The van der Waals surface area contributed by atoms with Crippen LogP contribution in [0.1, 0.15) is 48.2 Å². The predicted molar refractivity (Wildman–Crippen MR) is 108 cm³/mol. The van der Waals surface area contributed by atoms with Crippen molar-refractivity contribution < 1.29 is 18.7 Å². The lowest BCUT2D eigenvalue weighted by atomic mass is 9.93. The summed E-state index contributed by atoms with van der Waals surface area (Å²) in [6, 6.07) is 9.00. The number of hydrogen-bond acceptors (Lipinski definition) is 4. The second-order valence-corrected chi connectivity index (χ2v) is 7.77. The summed E-state index contributed by atoms with van der Waals surface area (Å²) in [5.74, 6) is -1.45. The van der Waals surface area contributed by atoms with Crippen LogP contribution in [0.4, 0.5) is 4.39 Å². The normalized spacial score (nSPS) is 14.4. The predicted octanol–water partition coefficient (Wildman–Crippen LogP) is 5.05. The zero-order chi connectivity index (χ0) is 20.8. The van der Waals surface area contributed by atoms with Crippen molar-refractivity contribution in [3.63, 3.8) is 0 Å². The Morgan fingerprint density at radius 3 is 2.45 bits per heavy atom. The Bertz CT molecular complexity index is 871. The molecule has 8 heteroatoms. The number of benzene rings is 1. The molecule has 1 amide bonds. The van der Waals surface area contributed by atoms with Crippen molar-refractivity contribution in [1.82, 2.24) is 9.88 Å². The van der Waals surface area contributed by atoms with Crippen LogP contribution in [0.15, 0.2) is 36.4 Å². The minimum absolute atomic E-state index is 0.0629. The molecule has 1 saturated carbocycles. The van der Waals surface area contributed by atoms with E-state index >= 15 is 0 Å². The van der Waals surface area contributed by atoms with Gasteiger partial charge in [0.05, 0.1) is 5.02 Å². The number of rotatable bonds is 6. The van der Waals surface area contributed by atoms with E-state index in [1.54, 1.807) is 17.0 Å². The third kappa shape index (κ3) is 5.90. The second kappa shape index (κ2) is 10.0. The Labute approximate surface area is 178 Å². The minimum atomic E-state index is -0.809. The maximum absolute atomic E-state index is 13.2. The molecule has 0 atom stereocenters. The van der Waals surface area contributed by atoms with Gasteiger partial charge in [-0.25, -0.2) is 14.2 Å². The SMILES string of the molecule is O=C(OCC(=O)N(Cc1ccc(F)cc1)C1CCCCC1)c1nc(Cl)ccc1Cl. The van der Waals surface area contributed by atoms with Gasteiger partial charge in [0.1, 0.15) is 11.0 Å². The number of halogens is 3. The minimum Gasteiger partial charge on any atom is -0.451 e. The molecule has 3 rings (SSSR count). The third-order valence-electron chi connectivity index (χ3n) is 4.93. The Morgan fingerprint density at radius 1 is 1.07 bits per heavy atom. The highest BCUT2D eigenvalue weighted by Crippen LogP contribution is 2.25. The quantitative estimate of drug-likeness (QED) is 0.467. The van der Waals surface area contributed by atoms with E-state index in [0.29, 0.717) is 6.54 Å². The topological polar surface area (TPSA) is 59.5 Å². The summed E-state index contributed by atoms with van der Waals surface area (Å²) in [4.78, 5) is 30.7. The number of ether oxygens (including phenoxy) is 1. The fourth-order valence-electron chi connectivity index (χ4n) is 3.44. The summed E-state index contributed by atoms with van der Waals surface area (Å²) in [6.45, 7) is -0.0987. The van der Waals surface area contributed by atoms with Crippen LogP contribution in [0.25, 0.3) is 0 Å². The number of amides is 1. The van der Waals surface area contributed by atoms with Crippen molar-refractivity contribution in [2.75, 3.05) is 6.61 Å². The maximum Gasteiger partial charge on any atom is 0.359 e. The van der Waals surface area contributed by atoms with Gasteiger partial charge < -0.3 is 9.64 Å². The van der Waals surface area contributed by atoms with E-state index in [4.69, 9.17) is 27.9 Å². The van der Waals surface area contributed by atoms with E-state index in [2.05, 4.69) is 4.98 Å². The first-order valence-electron chi connectivity index (χ1n) is 9.47. The number of aromatic nitrogens is 1. The molecule has 1 aliphatic carbocycles. The molecular formula is C21H21Cl2FN2O3. The highest BCUT2D eigenvalue weighted by Gasteiger charge is 2.27. The van der Waals surface area contributed by atoms with E-state index < -0.39 is 12.6 Å². The van der Waals surface area contributed by atoms with Crippen molar-refractivity contribution in [1.29, 1.82) is 0 Å². The zero-order valence-corrected chi connectivity index (χ0v) is 17.3. The second-order valence-electron chi connectivity index (χ2n) is 6.98. The molecule has 29 heavy (non-hydrogen) atoms. The molecule has 1 aromatic heterocycles. The summed E-state index contributed by atoms with van der Waals surface area (Å²) >= 11 is 11.8. The fourth-order valence-corrected chi connectivity index (χ4v) is 3.77. The van der Waals surface area contributed by atoms with Crippen LogP contribution in [-0.2, 0) is 16.1 Å². The Morgan fingerprint density at radius 2 is 1.76 bits per heavy atom. The van der Waals surface area contributed by atoms with Gasteiger partial charge in [-0.15, -0.1) is 0 Å². The van der Waals surface area contributed by atoms with Crippen LogP contribution in [0.3, 0.4) is 0 Å². The van der Waals surface area contributed by atoms with Gasteiger partial charge in [0, 0.05) is 12.6 Å². The van der Waals surface area contributed by atoms with Crippen molar-refractivity contribution >= 4 is 35.1 Å². The van der Waals surface area contributed by atoms with Crippen LogP contribution in [0.5, 0.6) is 0 Å². The average molecular weight is 439 g/mol. The number of hydrogen-bond donors (Lipinski definition) is 0. The molecule has 1 aromatic carbocycles. The largest absolute Gasteiger partial charge is 0.451 e. The monoisotopic (exact) mass is 438 g/mol. The standard InChI is InChI=1S/C21H21Cl2FN2O3/c22-17-10-11-18(23)25-20(17)21(28)29-13-19(27)26(16-4-2-1-3-5-16)12-14-6-8-15(24)9-7-14/h6-11,16H,1-5,12-13H2. The zero-order valence-electron chi connectivity index (χ0n) is 15.7. The van der Waals surface area contributed by atoms with Gasteiger partial charge in [0.2, 0.25) is 0 Å². The van der Waals surface area contributed by atoms with Crippen molar-refractivity contribution in [2.45, 2.75) is 44.7 Å². The van der Waals surface area contributed by atoms with Gasteiger partial charge in [-0.2, -0.15) is 0 Å². The van der Waals surface area contributed by atoms with Gasteiger partial charge in [-0.05, 0) is 42.7 Å². The lowest BCUT2D eigenvalue weighted by Crippen LogP contribution is -2.43. The first-order chi connectivity index (χ1) is 13.9. The molecule has 1 fully saturated rings. The number of carbonyl (C=O) groups is 2.